The molecule has 5 aromatic rings. The molecular formula is C30H24ClN3O5. The fourth-order valence-electron chi connectivity index (χ4n) is 4.68. The van der Waals surface area contributed by atoms with Gasteiger partial charge in [-0.3, -0.25) is 10.1 Å². The van der Waals surface area contributed by atoms with Crippen molar-refractivity contribution < 1.29 is 19.6 Å². The summed E-state index contributed by atoms with van der Waals surface area (Å²) >= 11 is 6.70. The van der Waals surface area contributed by atoms with E-state index in [1.807, 2.05) is 74.5 Å². The van der Waals surface area contributed by atoms with Crippen molar-refractivity contribution in [3.63, 3.8) is 0 Å². The number of aromatic nitrogens is 2. The summed E-state index contributed by atoms with van der Waals surface area (Å²) < 4.78 is 8.01. The van der Waals surface area contributed by atoms with Crippen molar-refractivity contribution in [2.75, 3.05) is 0 Å². The third kappa shape index (κ3) is 5.19. The molecule has 0 spiro atoms. The molecule has 0 aliphatic rings. The zero-order valence-corrected chi connectivity index (χ0v) is 22.0. The number of hydrogen-bond donors (Lipinski definition) is 1. The molecule has 1 aromatic heterocycles. The molecule has 0 atom stereocenters. The summed E-state index contributed by atoms with van der Waals surface area (Å²) in [7, 11) is 0. The van der Waals surface area contributed by atoms with E-state index in [0.717, 1.165) is 39.1 Å². The van der Waals surface area contributed by atoms with Crippen molar-refractivity contribution in [2.45, 2.75) is 27.0 Å². The van der Waals surface area contributed by atoms with Crippen LogP contribution in [0.4, 0.5) is 5.69 Å². The van der Waals surface area contributed by atoms with Gasteiger partial charge in [-0.05, 0) is 48.2 Å². The highest BCUT2D eigenvalue weighted by Gasteiger charge is 2.24. The minimum absolute atomic E-state index is 0.145. The number of aromatic carboxylic acids is 1. The molecule has 196 valence electrons. The first-order valence-electron chi connectivity index (χ1n) is 12.2. The summed E-state index contributed by atoms with van der Waals surface area (Å²) in [5.41, 5.74) is 4.95. The van der Waals surface area contributed by atoms with Crippen LogP contribution in [0.25, 0.3) is 22.2 Å². The number of nitro groups is 1. The minimum atomic E-state index is -1.38. The highest BCUT2D eigenvalue weighted by Crippen LogP contribution is 2.31. The van der Waals surface area contributed by atoms with Crippen molar-refractivity contribution >= 4 is 34.3 Å². The van der Waals surface area contributed by atoms with Gasteiger partial charge in [0.05, 0.1) is 22.5 Å². The number of carboxylic acid groups (broad SMARTS) is 1. The van der Waals surface area contributed by atoms with Gasteiger partial charge in [-0.15, -0.1) is 0 Å². The van der Waals surface area contributed by atoms with Crippen LogP contribution in [-0.4, -0.2) is 25.6 Å². The van der Waals surface area contributed by atoms with Crippen LogP contribution in [0, 0.1) is 24.0 Å². The quantitative estimate of drug-likeness (QED) is 0.164. The second kappa shape index (κ2) is 10.6. The van der Waals surface area contributed by atoms with Crippen molar-refractivity contribution in [1.29, 1.82) is 0 Å². The maximum absolute atomic E-state index is 11.8. The van der Waals surface area contributed by atoms with Gasteiger partial charge >= 0.3 is 5.97 Å². The third-order valence-electron chi connectivity index (χ3n) is 6.63. The lowest BCUT2D eigenvalue weighted by atomic mass is 10.0. The summed E-state index contributed by atoms with van der Waals surface area (Å²) in [5, 5.41) is 21.6. The Morgan fingerprint density at radius 2 is 1.77 bits per heavy atom. The Morgan fingerprint density at radius 3 is 2.46 bits per heavy atom. The first-order valence-corrected chi connectivity index (χ1v) is 12.5. The van der Waals surface area contributed by atoms with Crippen molar-refractivity contribution in [1.82, 2.24) is 9.55 Å². The predicted octanol–water partition coefficient (Wildman–Crippen LogP) is 7.21. The summed E-state index contributed by atoms with van der Waals surface area (Å²) in [6, 6.07) is 23.8. The SMILES string of the molecule is Cc1cc(OCc2cccc([N+](=O)[O-])c2C(=O)O)cc2c1nc(C)n2Cc1ccc(-c2ccccc2)cc1Cl. The Kier molecular flexibility index (Phi) is 7.04. The number of ether oxygens (including phenoxy) is 1. The highest BCUT2D eigenvalue weighted by molar-refractivity contribution is 6.31. The van der Waals surface area contributed by atoms with Gasteiger partial charge in [0, 0.05) is 22.7 Å². The lowest BCUT2D eigenvalue weighted by Gasteiger charge is -2.13. The summed E-state index contributed by atoms with van der Waals surface area (Å²) in [6.45, 7) is 4.19. The molecule has 0 aliphatic carbocycles. The topological polar surface area (TPSA) is 107 Å². The van der Waals surface area contributed by atoms with E-state index in [0.29, 0.717) is 17.3 Å². The number of carbonyl (C=O) groups is 1. The third-order valence-corrected chi connectivity index (χ3v) is 6.98. The van der Waals surface area contributed by atoms with E-state index < -0.39 is 16.6 Å². The molecule has 0 amide bonds. The van der Waals surface area contributed by atoms with Crippen LogP contribution < -0.4 is 4.74 Å². The lowest BCUT2D eigenvalue weighted by molar-refractivity contribution is -0.385. The maximum atomic E-state index is 11.8. The average Bonchev–Trinajstić information content (AvgIpc) is 3.24. The molecule has 4 aromatic carbocycles. The first kappa shape index (κ1) is 25.9. The largest absolute Gasteiger partial charge is 0.489 e. The summed E-state index contributed by atoms with van der Waals surface area (Å²) in [6.07, 6.45) is 0. The van der Waals surface area contributed by atoms with Gasteiger partial charge in [0.1, 0.15) is 23.7 Å². The standard InChI is InChI=1S/C30H24ClN3O5/c1-18-13-24(39-17-23-9-6-10-26(34(37)38)28(23)30(35)36)15-27-29(18)32-19(2)33(27)16-22-12-11-21(14-25(22)31)20-7-4-3-5-8-20/h3-15H,16-17H2,1-2H3,(H,35,36). The van der Waals surface area contributed by atoms with Gasteiger partial charge in [-0.1, -0.05) is 66.2 Å². The molecule has 1 N–H and O–H groups in total. The van der Waals surface area contributed by atoms with Gasteiger partial charge < -0.3 is 14.4 Å². The number of aryl methyl sites for hydroxylation is 2. The first-order chi connectivity index (χ1) is 18.7. The molecule has 0 saturated heterocycles. The Bertz CT molecular complexity index is 1730. The van der Waals surface area contributed by atoms with Gasteiger partial charge in [0.2, 0.25) is 0 Å². The maximum Gasteiger partial charge on any atom is 0.343 e. The average molecular weight is 542 g/mol. The number of hydrogen-bond acceptors (Lipinski definition) is 5. The zero-order chi connectivity index (χ0) is 27.7. The number of imidazole rings is 1. The fraction of sp³-hybridized carbons (Fsp3) is 0.133. The van der Waals surface area contributed by atoms with Crippen LogP contribution in [0.2, 0.25) is 5.02 Å². The number of benzene rings is 4. The number of halogens is 1. The molecule has 0 bridgehead atoms. The molecule has 9 heteroatoms. The van der Waals surface area contributed by atoms with Crippen LogP contribution in [0.15, 0.2) is 78.9 Å². The second-order valence-corrected chi connectivity index (χ2v) is 9.59. The van der Waals surface area contributed by atoms with Gasteiger partial charge in [0.25, 0.3) is 5.69 Å². The van der Waals surface area contributed by atoms with Crippen molar-refractivity contribution in [3.05, 3.63) is 122 Å². The Hall–Kier alpha value is -4.69. The predicted molar refractivity (Wildman–Crippen MR) is 150 cm³/mol. The van der Waals surface area contributed by atoms with E-state index in [2.05, 4.69) is 4.57 Å². The molecule has 5 rings (SSSR count). The van der Waals surface area contributed by atoms with Crippen LogP contribution in [-0.2, 0) is 13.2 Å². The van der Waals surface area contributed by atoms with E-state index in [1.165, 1.54) is 18.2 Å². The van der Waals surface area contributed by atoms with Crippen LogP contribution in [0.5, 0.6) is 5.75 Å². The molecular weight excluding hydrogens is 518 g/mol. The number of nitro benzene ring substituents is 1. The Labute approximate surface area is 229 Å². The molecule has 0 saturated carbocycles. The molecule has 1 heterocycles. The number of nitrogens with zero attached hydrogens (tertiary/aromatic N) is 3. The molecule has 8 nitrogen and oxygen atoms in total. The Balaban J connectivity index is 1.45. The molecule has 0 unspecified atom stereocenters. The normalized spacial score (nSPS) is 11.1. The zero-order valence-electron chi connectivity index (χ0n) is 21.2. The van der Waals surface area contributed by atoms with E-state index in [1.54, 1.807) is 0 Å². The monoisotopic (exact) mass is 541 g/mol. The summed E-state index contributed by atoms with van der Waals surface area (Å²) in [4.78, 5) is 27.1. The van der Waals surface area contributed by atoms with Gasteiger partial charge in [-0.25, -0.2) is 9.78 Å². The number of fused-ring (bicyclic) bond motifs is 1. The van der Waals surface area contributed by atoms with Crippen LogP contribution in [0.1, 0.15) is 32.9 Å². The fourth-order valence-corrected chi connectivity index (χ4v) is 4.92. The number of carboxylic acids is 1. The van der Waals surface area contributed by atoms with E-state index in [9.17, 15) is 20.0 Å². The Morgan fingerprint density at radius 1 is 1.00 bits per heavy atom. The van der Waals surface area contributed by atoms with Crippen LogP contribution in [0.3, 0.4) is 0 Å². The van der Waals surface area contributed by atoms with Gasteiger partial charge in [0.15, 0.2) is 0 Å². The van der Waals surface area contributed by atoms with Crippen molar-refractivity contribution in [2.24, 2.45) is 0 Å². The van der Waals surface area contributed by atoms with Gasteiger partial charge in [-0.2, -0.15) is 0 Å². The summed E-state index contributed by atoms with van der Waals surface area (Å²) in [5.74, 6) is -0.0776. The lowest BCUT2D eigenvalue weighted by Crippen LogP contribution is -2.09. The molecule has 39 heavy (non-hydrogen) atoms. The van der Waals surface area contributed by atoms with E-state index in [-0.39, 0.29) is 17.7 Å². The van der Waals surface area contributed by atoms with Crippen molar-refractivity contribution in [3.8, 4) is 16.9 Å². The molecule has 0 radical (unpaired) electrons. The van der Waals surface area contributed by atoms with E-state index in [4.69, 9.17) is 21.3 Å². The number of rotatable bonds is 8. The van der Waals surface area contributed by atoms with Crippen LogP contribution >= 0.6 is 11.6 Å². The molecule has 0 fully saturated rings. The highest BCUT2D eigenvalue weighted by atomic mass is 35.5. The molecule has 0 aliphatic heterocycles. The second-order valence-electron chi connectivity index (χ2n) is 9.19. The smallest absolute Gasteiger partial charge is 0.343 e. The minimum Gasteiger partial charge on any atom is -0.489 e. The van der Waals surface area contributed by atoms with E-state index >= 15 is 0 Å².